The summed E-state index contributed by atoms with van der Waals surface area (Å²) in [5.74, 6) is 3.11. The molecular weight excluding hydrogens is 288 g/mol. The lowest BCUT2D eigenvalue weighted by Crippen LogP contribution is -2.21. The number of rotatable bonds is 5. The van der Waals surface area contributed by atoms with E-state index in [1.54, 1.807) is 7.11 Å². The largest absolute Gasteiger partial charge is 0.494 e. The molecule has 0 amide bonds. The molecule has 1 saturated heterocycles. The number of nitrogens with zero attached hydrogens (tertiary/aromatic N) is 2. The minimum absolute atomic E-state index is 0.583. The molecule has 0 spiro atoms. The normalized spacial score (nSPS) is 16.5. The first kappa shape index (κ1) is 14.7. The smallest absolute Gasteiger partial charge is 0.146 e. The van der Waals surface area contributed by atoms with Gasteiger partial charge in [-0.3, -0.25) is 0 Å². The summed E-state index contributed by atoms with van der Waals surface area (Å²) >= 11 is 5.95. The molecule has 114 valence electrons. The molecule has 0 saturated carbocycles. The van der Waals surface area contributed by atoms with E-state index in [1.807, 2.05) is 12.1 Å². The van der Waals surface area contributed by atoms with E-state index in [9.17, 15) is 0 Å². The van der Waals surface area contributed by atoms with Crippen LogP contribution >= 0.6 is 11.6 Å². The van der Waals surface area contributed by atoms with E-state index in [0.717, 1.165) is 61.6 Å². The Morgan fingerprint density at radius 2 is 2.19 bits per heavy atom. The van der Waals surface area contributed by atoms with Crippen molar-refractivity contribution in [3.05, 3.63) is 24.0 Å². The third-order valence-electron chi connectivity index (χ3n) is 4.14. The molecule has 1 aliphatic rings. The highest BCUT2D eigenvalue weighted by Crippen LogP contribution is 2.28. The number of hydrogen-bond donors (Lipinski definition) is 0. The van der Waals surface area contributed by atoms with E-state index < -0.39 is 0 Å². The summed E-state index contributed by atoms with van der Waals surface area (Å²) < 4.78 is 13.2. The minimum atomic E-state index is 0.583. The number of benzene rings is 1. The molecule has 2 aromatic rings. The van der Waals surface area contributed by atoms with Gasteiger partial charge in [0.2, 0.25) is 0 Å². The molecule has 1 aromatic heterocycles. The average molecular weight is 309 g/mol. The van der Waals surface area contributed by atoms with Crippen molar-refractivity contribution in [2.45, 2.75) is 25.8 Å². The maximum Gasteiger partial charge on any atom is 0.146 e. The SMILES string of the molecule is COc1cccc2c1nc(CCCl)n2CC1CCOCC1. The second kappa shape index (κ2) is 6.67. The topological polar surface area (TPSA) is 36.3 Å². The summed E-state index contributed by atoms with van der Waals surface area (Å²) in [5, 5.41) is 0. The van der Waals surface area contributed by atoms with Gasteiger partial charge in [0.1, 0.15) is 17.1 Å². The van der Waals surface area contributed by atoms with Gasteiger partial charge in [0, 0.05) is 32.1 Å². The van der Waals surface area contributed by atoms with E-state index in [4.69, 9.17) is 26.1 Å². The van der Waals surface area contributed by atoms with Crippen molar-refractivity contribution in [2.75, 3.05) is 26.2 Å². The van der Waals surface area contributed by atoms with Crippen LogP contribution in [-0.2, 0) is 17.7 Å². The highest BCUT2D eigenvalue weighted by atomic mass is 35.5. The van der Waals surface area contributed by atoms with E-state index in [2.05, 4.69) is 10.6 Å². The predicted octanol–water partition coefficient (Wildman–Crippen LogP) is 3.25. The minimum Gasteiger partial charge on any atom is -0.494 e. The number of imidazole rings is 1. The van der Waals surface area contributed by atoms with Gasteiger partial charge in [-0.2, -0.15) is 0 Å². The highest BCUT2D eigenvalue weighted by Gasteiger charge is 2.19. The first-order valence-electron chi connectivity index (χ1n) is 7.49. The maximum absolute atomic E-state index is 5.95. The Morgan fingerprint density at radius 1 is 1.38 bits per heavy atom. The van der Waals surface area contributed by atoms with Crippen molar-refractivity contribution in [2.24, 2.45) is 5.92 Å². The molecule has 0 unspecified atom stereocenters. The highest BCUT2D eigenvalue weighted by molar-refractivity contribution is 6.17. The monoisotopic (exact) mass is 308 g/mol. The predicted molar refractivity (Wildman–Crippen MR) is 84.3 cm³/mol. The number of alkyl halides is 1. The average Bonchev–Trinajstić information content (AvgIpc) is 2.87. The number of ether oxygens (including phenoxy) is 2. The van der Waals surface area contributed by atoms with Gasteiger partial charge in [0.25, 0.3) is 0 Å². The molecule has 1 aromatic carbocycles. The van der Waals surface area contributed by atoms with Crippen molar-refractivity contribution in [3.63, 3.8) is 0 Å². The Morgan fingerprint density at radius 3 is 2.90 bits per heavy atom. The third-order valence-corrected chi connectivity index (χ3v) is 4.33. The quantitative estimate of drug-likeness (QED) is 0.796. The maximum atomic E-state index is 5.95. The van der Waals surface area contributed by atoms with Crippen LogP contribution in [0.1, 0.15) is 18.7 Å². The Hall–Kier alpha value is -1.26. The van der Waals surface area contributed by atoms with Crippen LogP contribution in [0.2, 0.25) is 0 Å². The van der Waals surface area contributed by atoms with Gasteiger partial charge in [-0.05, 0) is 30.9 Å². The summed E-state index contributed by atoms with van der Waals surface area (Å²) in [4.78, 5) is 4.76. The second-order valence-corrected chi connectivity index (χ2v) is 5.84. The van der Waals surface area contributed by atoms with Gasteiger partial charge in [-0.15, -0.1) is 11.6 Å². The number of aromatic nitrogens is 2. The van der Waals surface area contributed by atoms with Crippen molar-refractivity contribution in [3.8, 4) is 5.75 Å². The van der Waals surface area contributed by atoms with Crippen molar-refractivity contribution in [1.82, 2.24) is 9.55 Å². The lowest BCUT2D eigenvalue weighted by molar-refractivity contribution is 0.0613. The number of fused-ring (bicyclic) bond motifs is 1. The molecule has 3 rings (SSSR count). The number of para-hydroxylation sites is 1. The van der Waals surface area contributed by atoms with Crippen molar-refractivity contribution >= 4 is 22.6 Å². The summed E-state index contributed by atoms with van der Waals surface area (Å²) in [6, 6.07) is 6.09. The summed E-state index contributed by atoms with van der Waals surface area (Å²) in [5.41, 5.74) is 2.08. The molecule has 1 aliphatic heterocycles. The first-order valence-corrected chi connectivity index (χ1v) is 8.02. The zero-order chi connectivity index (χ0) is 14.7. The molecule has 21 heavy (non-hydrogen) atoms. The van der Waals surface area contributed by atoms with Crippen LogP contribution < -0.4 is 4.74 Å². The molecule has 0 bridgehead atoms. The Bertz CT molecular complexity index is 606. The lowest BCUT2D eigenvalue weighted by atomic mass is 10.0. The van der Waals surface area contributed by atoms with Gasteiger partial charge in [-0.1, -0.05) is 6.07 Å². The zero-order valence-corrected chi connectivity index (χ0v) is 13.1. The molecule has 1 fully saturated rings. The van der Waals surface area contributed by atoms with Gasteiger partial charge in [-0.25, -0.2) is 4.98 Å². The molecule has 0 aliphatic carbocycles. The van der Waals surface area contributed by atoms with Crippen LogP contribution in [-0.4, -0.2) is 35.8 Å². The second-order valence-electron chi connectivity index (χ2n) is 5.46. The third kappa shape index (κ3) is 3.01. The number of methoxy groups -OCH3 is 1. The number of aryl methyl sites for hydroxylation is 1. The van der Waals surface area contributed by atoms with Crippen LogP contribution in [0.5, 0.6) is 5.75 Å². The van der Waals surface area contributed by atoms with Crippen molar-refractivity contribution in [1.29, 1.82) is 0 Å². The van der Waals surface area contributed by atoms with Crippen LogP contribution in [0.25, 0.3) is 11.0 Å². The molecule has 0 atom stereocenters. The van der Waals surface area contributed by atoms with Crippen LogP contribution in [0, 0.1) is 5.92 Å². The van der Waals surface area contributed by atoms with Crippen molar-refractivity contribution < 1.29 is 9.47 Å². The lowest BCUT2D eigenvalue weighted by Gasteiger charge is -2.23. The van der Waals surface area contributed by atoms with E-state index >= 15 is 0 Å². The molecule has 4 nitrogen and oxygen atoms in total. The van der Waals surface area contributed by atoms with Gasteiger partial charge in [0.15, 0.2) is 0 Å². The Balaban J connectivity index is 1.99. The molecule has 2 heterocycles. The van der Waals surface area contributed by atoms with Crippen LogP contribution in [0.3, 0.4) is 0 Å². The van der Waals surface area contributed by atoms with Crippen LogP contribution in [0.15, 0.2) is 18.2 Å². The molecule has 0 radical (unpaired) electrons. The van der Waals surface area contributed by atoms with E-state index in [1.165, 1.54) is 0 Å². The fraction of sp³-hybridized carbons (Fsp3) is 0.562. The Labute approximate surface area is 130 Å². The zero-order valence-electron chi connectivity index (χ0n) is 12.3. The van der Waals surface area contributed by atoms with Gasteiger partial charge < -0.3 is 14.0 Å². The molecule has 0 N–H and O–H groups in total. The number of halogens is 1. The first-order chi connectivity index (χ1) is 10.3. The van der Waals surface area contributed by atoms with Gasteiger partial charge in [0.05, 0.1) is 12.6 Å². The summed E-state index contributed by atoms with van der Waals surface area (Å²) in [6.07, 6.45) is 3.01. The molecule has 5 heteroatoms. The van der Waals surface area contributed by atoms with E-state index in [-0.39, 0.29) is 0 Å². The van der Waals surface area contributed by atoms with Crippen LogP contribution in [0.4, 0.5) is 0 Å². The fourth-order valence-corrected chi connectivity index (χ4v) is 3.17. The van der Waals surface area contributed by atoms with Gasteiger partial charge >= 0.3 is 0 Å². The Kier molecular flexibility index (Phi) is 4.66. The molecular formula is C16H21ClN2O2. The fourth-order valence-electron chi connectivity index (χ4n) is 3.00. The summed E-state index contributed by atoms with van der Waals surface area (Å²) in [6.45, 7) is 2.72. The standard InChI is InChI=1S/C16H21ClN2O2/c1-20-14-4-2-3-13-16(14)18-15(5-8-17)19(13)11-12-6-9-21-10-7-12/h2-4,12H,5-11H2,1H3. The summed E-state index contributed by atoms with van der Waals surface area (Å²) in [7, 11) is 1.69. The van der Waals surface area contributed by atoms with E-state index in [0.29, 0.717) is 11.8 Å². The number of hydrogen-bond acceptors (Lipinski definition) is 3.